The number of hydrogen-bond acceptors (Lipinski definition) is 7. The van der Waals surface area contributed by atoms with E-state index in [-0.39, 0.29) is 43.8 Å². The predicted octanol–water partition coefficient (Wildman–Crippen LogP) is 3.66. The Bertz CT molecular complexity index is 1580. The number of benzene rings is 2. The van der Waals surface area contributed by atoms with Gasteiger partial charge in [-0.2, -0.15) is 0 Å². The first-order valence-corrected chi connectivity index (χ1v) is 16.9. The number of allylic oxidation sites excluding steroid dienone is 1. The van der Waals surface area contributed by atoms with Crippen molar-refractivity contribution < 1.29 is 33.8 Å². The van der Waals surface area contributed by atoms with Crippen LogP contribution in [-0.4, -0.2) is 93.5 Å². The van der Waals surface area contributed by atoms with E-state index in [9.17, 15) is 24.3 Å². The van der Waals surface area contributed by atoms with E-state index in [0.717, 1.165) is 5.56 Å². The largest absolute Gasteiger partial charge is 0.455 e. The molecule has 2 fully saturated rings. The summed E-state index contributed by atoms with van der Waals surface area (Å²) in [4.78, 5) is 62.0. The minimum Gasteiger partial charge on any atom is -0.455 e. The molecule has 2 saturated heterocycles. The van der Waals surface area contributed by atoms with Gasteiger partial charge in [-0.1, -0.05) is 98.8 Å². The van der Waals surface area contributed by atoms with Crippen LogP contribution < -0.4 is 0 Å². The van der Waals surface area contributed by atoms with E-state index in [1.165, 1.54) is 4.90 Å². The molecule has 0 radical (unpaired) electrons. The smallest absolute Gasteiger partial charge is 0.313 e. The predicted molar refractivity (Wildman–Crippen MR) is 178 cm³/mol. The molecule has 6 rings (SSSR count). The van der Waals surface area contributed by atoms with Crippen molar-refractivity contribution in [1.29, 1.82) is 0 Å². The molecule has 1 N–H and O–H groups in total. The average Bonchev–Trinajstić information content (AvgIpc) is 3.73. The summed E-state index contributed by atoms with van der Waals surface area (Å²) in [6, 6.07) is 16.5. The Morgan fingerprint density at radius 1 is 0.958 bits per heavy atom. The first-order valence-electron chi connectivity index (χ1n) is 16.9. The van der Waals surface area contributed by atoms with Crippen LogP contribution in [-0.2, 0) is 35.2 Å². The SMILES string of the molecule is CC(C)[C@H](CO)N1C(=O)[C@H]2[C@@H]3C(=O)O[C@H](c4ccccc4)[C@@H](C)N(C)C(=O)CC/C=C\CN(Cc4ccccc4)C(=O)[C@H]1[C@@]21C=C[C@@H]3O1. The second kappa shape index (κ2) is 13.7. The number of carbonyl (C=O) groups excluding carboxylic acids is 4. The molecule has 5 bridgehead atoms. The van der Waals surface area contributed by atoms with Gasteiger partial charge in [0.25, 0.3) is 0 Å². The third-order valence-electron chi connectivity index (χ3n) is 10.5. The number of hydrogen-bond donors (Lipinski definition) is 1. The molecule has 0 saturated carbocycles. The Morgan fingerprint density at radius 2 is 1.65 bits per heavy atom. The van der Waals surface area contributed by atoms with Crippen LogP contribution in [0.5, 0.6) is 0 Å². The van der Waals surface area contributed by atoms with Gasteiger partial charge in [-0.3, -0.25) is 19.2 Å². The van der Waals surface area contributed by atoms with Gasteiger partial charge in [-0.05, 0) is 30.4 Å². The summed E-state index contributed by atoms with van der Waals surface area (Å²) in [7, 11) is 1.71. The highest BCUT2D eigenvalue weighted by atomic mass is 16.6. The fourth-order valence-electron chi connectivity index (χ4n) is 7.77. The lowest BCUT2D eigenvalue weighted by atomic mass is 9.74. The molecule has 10 heteroatoms. The van der Waals surface area contributed by atoms with Crippen molar-refractivity contribution in [2.45, 2.75) is 76.1 Å². The molecule has 8 atom stereocenters. The molecule has 1 spiro atoms. The van der Waals surface area contributed by atoms with Crippen LogP contribution in [0.4, 0.5) is 0 Å². The minimum atomic E-state index is -1.42. The van der Waals surface area contributed by atoms with Crippen molar-refractivity contribution in [3.05, 3.63) is 96.1 Å². The Labute approximate surface area is 282 Å². The number of amides is 3. The molecule has 10 nitrogen and oxygen atoms in total. The summed E-state index contributed by atoms with van der Waals surface area (Å²) in [6.07, 6.45) is 6.41. The van der Waals surface area contributed by atoms with Crippen LogP contribution in [0.3, 0.4) is 0 Å². The normalized spacial score (nSPS) is 32.2. The number of aliphatic hydroxyl groups excluding tert-OH is 1. The van der Waals surface area contributed by atoms with E-state index < -0.39 is 59.6 Å². The summed E-state index contributed by atoms with van der Waals surface area (Å²) in [6.45, 7) is 5.78. The zero-order chi connectivity index (χ0) is 34.2. The third kappa shape index (κ3) is 5.85. The molecule has 2 aromatic carbocycles. The Hall–Kier alpha value is -4.28. The molecule has 0 unspecified atom stereocenters. The zero-order valence-corrected chi connectivity index (χ0v) is 28.0. The van der Waals surface area contributed by atoms with Crippen molar-refractivity contribution in [2.75, 3.05) is 20.2 Å². The lowest BCUT2D eigenvalue weighted by molar-refractivity contribution is -0.164. The Kier molecular flexibility index (Phi) is 9.58. The van der Waals surface area contributed by atoms with Gasteiger partial charge in [0.05, 0.1) is 30.7 Å². The second-order valence-electron chi connectivity index (χ2n) is 13.7. The molecule has 4 heterocycles. The van der Waals surface area contributed by atoms with Crippen LogP contribution in [0, 0.1) is 17.8 Å². The number of rotatable bonds is 6. The highest BCUT2D eigenvalue weighted by molar-refractivity contribution is 5.99. The summed E-state index contributed by atoms with van der Waals surface area (Å²) in [5.41, 5.74) is 0.205. The van der Waals surface area contributed by atoms with Crippen molar-refractivity contribution in [2.24, 2.45) is 17.8 Å². The lowest BCUT2D eigenvalue weighted by Gasteiger charge is -2.40. The lowest BCUT2D eigenvalue weighted by Crippen LogP contribution is -2.59. The maximum Gasteiger partial charge on any atom is 0.313 e. The third-order valence-corrected chi connectivity index (χ3v) is 10.5. The molecule has 4 aliphatic heterocycles. The standard InChI is InChI=1S/C38H45N3O7/c1-24(2)28(23-42)41-34-36(45)40(22-26-14-8-5-9-15-26)21-13-7-12-18-30(43)39(4)25(3)33(27-16-10-6-11-17-27)47-37(46)31-29-19-20-38(34,48-29)32(31)35(41)44/h5-11,13-17,19-20,24-25,28-29,31-34,42H,12,18,21-23H2,1-4H3/b13-7-/t25-,28+,29+,31-,32-,33+,34+,38-/m1/s1. The number of esters is 1. The molecular formula is C38H45N3O7. The van der Waals surface area contributed by atoms with Crippen LogP contribution in [0.25, 0.3) is 0 Å². The fourth-order valence-corrected chi connectivity index (χ4v) is 7.77. The van der Waals surface area contributed by atoms with Crippen molar-refractivity contribution in [3.63, 3.8) is 0 Å². The minimum absolute atomic E-state index is 0.107. The van der Waals surface area contributed by atoms with Gasteiger partial charge in [-0.15, -0.1) is 0 Å². The summed E-state index contributed by atoms with van der Waals surface area (Å²) in [5.74, 6) is -3.73. The number of fused-ring (bicyclic) bond motifs is 2. The number of ether oxygens (including phenoxy) is 2. The van der Waals surface area contributed by atoms with Crippen LogP contribution in [0.2, 0.25) is 0 Å². The summed E-state index contributed by atoms with van der Waals surface area (Å²) < 4.78 is 12.9. The Morgan fingerprint density at radius 3 is 2.31 bits per heavy atom. The van der Waals surface area contributed by atoms with E-state index in [4.69, 9.17) is 9.47 Å². The number of likely N-dealkylation sites (tertiary alicyclic amines) is 1. The molecule has 3 amide bonds. The maximum atomic E-state index is 14.9. The van der Waals surface area contributed by atoms with Gasteiger partial charge in [0.1, 0.15) is 23.7 Å². The zero-order valence-electron chi connectivity index (χ0n) is 28.0. The first-order chi connectivity index (χ1) is 23.1. The molecule has 2 aromatic rings. The number of aliphatic hydroxyl groups is 1. The number of likely N-dealkylation sites (N-methyl/N-ethyl adjacent to an activating group) is 1. The van der Waals surface area contributed by atoms with Crippen molar-refractivity contribution in [1.82, 2.24) is 14.7 Å². The van der Waals surface area contributed by atoms with Gasteiger partial charge >= 0.3 is 5.97 Å². The van der Waals surface area contributed by atoms with Crippen molar-refractivity contribution in [3.8, 4) is 0 Å². The maximum absolute atomic E-state index is 14.9. The van der Waals surface area contributed by atoms with E-state index in [1.54, 1.807) is 29.0 Å². The molecule has 48 heavy (non-hydrogen) atoms. The molecular weight excluding hydrogens is 610 g/mol. The molecule has 0 aromatic heterocycles. The number of carbonyl (C=O) groups is 4. The number of nitrogens with zero attached hydrogens (tertiary/aromatic N) is 3. The highest BCUT2D eigenvalue weighted by Crippen LogP contribution is 2.56. The van der Waals surface area contributed by atoms with E-state index in [0.29, 0.717) is 12.0 Å². The molecule has 0 aliphatic carbocycles. The summed E-state index contributed by atoms with van der Waals surface area (Å²) >= 11 is 0. The van der Waals surface area contributed by atoms with Gasteiger partial charge < -0.3 is 29.3 Å². The quantitative estimate of drug-likeness (QED) is 0.373. The highest BCUT2D eigenvalue weighted by Gasteiger charge is 2.74. The topological polar surface area (TPSA) is 117 Å². The van der Waals surface area contributed by atoms with Gasteiger partial charge in [0.15, 0.2) is 0 Å². The fraction of sp³-hybridized carbons (Fsp3) is 0.474. The molecule has 4 aliphatic rings. The van der Waals surface area contributed by atoms with Gasteiger partial charge in [0.2, 0.25) is 17.7 Å². The average molecular weight is 656 g/mol. The van der Waals surface area contributed by atoms with E-state index in [2.05, 4.69) is 0 Å². The number of cyclic esters (lactones) is 1. The van der Waals surface area contributed by atoms with Crippen LogP contribution in [0.1, 0.15) is 50.8 Å². The van der Waals surface area contributed by atoms with Crippen LogP contribution in [0.15, 0.2) is 85.0 Å². The Balaban J connectivity index is 1.46. The first kappa shape index (κ1) is 33.6. The van der Waals surface area contributed by atoms with Gasteiger partial charge in [0, 0.05) is 26.6 Å². The molecule has 254 valence electrons. The monoisotopic (exact) mass is 655 g/mol. The van der Waals surface area contributed by atoms with Gasteiger partial charge in [-0.25, -0.2) is 0 Å². The van der Waals surface area contributed by atoms with E-state index >= 15 is 0 Å². The van der Waals surface area contributed by atoms with Crippen molar-refractivity contribution >= 4 is 23.7 Å². The second-order valence-corrected chi connectivity index (χ2v) is 13.7. The summed E-state index contributed by atoms with van der Waals surface area (Å²) in [5, 5.41) is 10.6. The van der Waals surface area contributed by atoms with E-state index in [1.807, 2.05) is 93.6 Å². The van der Waals surface area contributed by atoms with Crippen LogP contribution >= 0.6 is 0 Å².